The predicted molar refractivity (Wildman–Crippen MR) is 59.8 cm³/mol. The summed E-state index contributed by atoms with van der Waals surface area (Å²) in [7, 11) is -3.03. The maximum Gasteiger partial charge on any atom is 0.208 e. The first-order valence-electron chi connectivity index (χ1n) is 5.11. The van der Waals surface area contributed by atoms with E-state index in [0.717, 1.165) is 6.54 Å². The van der Waals surface area contributed by atoms with E-state index in [1.165, 1.54) is 19.1 Å². The second kappa shape index (κ2) is 7.20. The molecule has 0 heterocycles. The van der Waals surface area contributed by atoms with Gasteiger partial charge in [-0.1, -0.05) is 20.3 Å². The summed E-state index contributed by atoms with van der Waals surface area (Å²) < 4.78 is 23.8. The third-order valence-corrected chi connectivity index (χ3v) is 2.67. The lowest BCUT2D eigenvalue weighted by atomic mass is 10.1. The summed E-state index contributed by atoms with van der Waals surface area (Å²) in [4.78, 5) is 0. The van der Waals surface area contributed by atoms with Crippen LogP contribution in [0.3, 0.4) is 0 Å². The van der Waals surface area contributed by atoms with Gasteiger partial charge in [0.25, 0.3) is 0 Å². The Bertz CT molecular complexity index is 227. The Morgan fingerprint density at radius 1 is 1.29 bits per heavy atom. The maximum absolute atomic E-state index is 10.7. The Morgan fingerprint density at radius 2 is 1.93 bits per heavy atom. The Balaban J connectivity index is 3.30. The van der Waals surface area contributed by atoms with Gasteiger partial charge >= 0.3 is 0 Å². The fraction of sp³-hybridized carbons (Fsp3) is 1.00. The van der Waals surface area contributed by atoms with Crippen molar-refractivity contribution >= 4 is 10.0 Å². The van der Waals surface area contributed by atoms with Crippen LogP contribution in [-0.2, 0) is 10.0 Å². The van der Waals surface area contributed by atoms with Crippen molar-refractivity contribution in [2.75, 3.05) is 25.9 Å². The molecule has 0 saturated heterocycles. The van der Waals surface area contributed by atoms with Crippen LogP contribution in [0.15, 0.2) is 0 Å². The van der Waals surface area contributed by atoms with E-state index in [4.69, 9.17) is 0 Å². The fourth-order valence-electron chi connectivity index (χ4n) is 1.27. The van der Waals surface area contributed by atoms with E-state index in [1.807, 2.05) is 0 Å². The smallest absolute Gasteiger partial charge is 0.208 e. The minimum Gasteiger partial charge on any atom is -0.315 e. The molecule has 0 aliphatic heterocycles. The number of hydrogen-bond donors (Lipinski definition) is 2. The van der Waals surface area contributed by atoms with Crippen LogP contribution in [0.5, 0.6) is 0 Å². The van der Waals surface area contributed by atoms with E-state index in [0.29, 0.717) is 19.0 Å². The highest BCUT2D eigenvalue weighted by Gasteiger charge is 2.01. The zero-order valence-corrected chi connectivity index (χ0v) is 10.2. The standard InChI is InChI=1S/C9H22N2O2S/c1-4-5-9(2)8-10-6-7-11-14(3,12)13/h9-11H,4-8H2,1-3H3. The van der Waals surface area contributed by atoms with E-state index in [2.05, 4.69) is 23.9 Å². The van der Waals surface area contributed by atoms with Gasteiger partial charge in [0.2, 0.25) is 10.0 Å². The van der Waals surface area contributed by atoms with Gasteiger partial charge in [-0.15, -0.1) is 0 Å². The van der Waals surface area contributed by atoms with Crippen LogP contribution in [0.25, 0.3) is 0 Å². The Morgan fingerprint density at radius 3 is 2.43 bits per heavy atom. The molecule has 0 aromatic carbocycles. The van der Waals surface area contributed by atoms with Crippen LogP contribution in [0.2, 0.25) is 0 Å². The Hall–Kier alpha value is -0.130. The summed E-state index contributed by atoms with van der Waals surface area (Å²) in [5.41, 5.74) is 0. The van der Waals surface area contributed by atoms with E-state index in [-0.39, 0.29) is 0 Å². The lowest BCUT2D eigenvalue weighted by Crippen LogP contribution is -2.32. The van der Waals surface area contributed by atoms with Crippen LogP contribution in [0, 0.1) is 5.92 Å². The van der Waals surface area contributed by atoms with E-state index in [9.17, 15) is 8.42 Å². The van der Waals surface area contributed by atoms with E-state index < -0.39 is 10.0 Å². The summed E-state index contributed by atoms with van der Waals surface area (Å²) in [6, 6.07) is 0. The van der Waals surface area contributed by atoms with E-state index >= 15 is 0 Å². The highest BCUT2D eigenvalue weighted by Crippen LogP contribution is 2.01. The van der Waals surface area contributed by atoms with Crippen molar-refractivity contribution in [3.63, 3.8) is 0 Å². The van der Waals surface area contributed by atoms with Crippen LogP contribution >= 0.6 is 0 Å². The van der Waals surface area contributed by atoms with Gasteiger partial charge in [0.05, 0.1) is 6.26 Å². The van der Waals surface area contributed by atoms with Crippen molar-refractivity contribution in [2.24, 2.45) is 5.92 Å². The van der Waals surface area contributed by atoms with Gasteiger partial charge in [-0.25, -0.2) is 13.1 Å². The molecule has 1 unspecified atom stereocenters. The molecule has 4 nitrogen and oxygen atoms in total. The molecule has 0 saturated carbocycles. The summed E-state index contributed by atoms with van der Waals surface area (Å²) >= 11 is 0. The van der Waals surface area contributed by atoms with Crippen molar-refractivity contribution < 1.29 is 8.42 Å². The zero-order valence-electron chi connectivity index (χ0n) is 9.34. The number of hydrogen-bond acceptors (Lipinski definition) is 3. The molecule has 2 N–H and O–H groups in total. The second-order valence-electron chi connectivity index (χ2n) is 3.76. The average Bonchev–Trinajstić information content (AvgIpc) is 2.02. The number of sulfonamides is 1. The third kappa shape index (κ3) is 9.95. The lowest BCUT2D eigenvalue weighted by molar-refractivity contribution is 0.477. The Kier molecular flexibility index (Phi) is 7.13. The van der Waals surface area contributed by atoms with Crippen molar-refractivity contribution in [3.05, 3.63) is 0 Å². The number of rotatable bonds is 8. The summed E-state index contributed by atoms with van der Waals surface area (Å²) in [6.07, 6.45) is 3.59. The van der Waals surface area contributed by atoms with Gasteiger partial charge in [-0.2, -0.15) is 0 Å². The van der Waals surface area contributed by atoms with Crippen LogP contribution in [0.4, 0.5) is 0 Å². The van der Waals surface area contributed by atoms with Crippen molar-refractivity contribution in [2.45, 2.75) is 26.7 Å². The molecular weight excluding hydrogens is 200 g/mol. The molecule has 0 aromatic heterocycles. The van der Waals surface area contributed by atoms with Crippen molar-refractivity contribution in [1.82, 2.24) is 10.0 Å². The molecule has 5 heteroatoms. The van der Waals surface area contributed by atoms with Crippen molar-refractivity contribution in [3.8, 4) is 0 Å². The molecule has 0 rings (SSSR count). The largest absolute Gasteiger partial charge is 0.315 e. The molecule has 0 radical (unpaired) electrons. The third-order valence-electron chi connectivity index (χ3n) is 1.94. The quantitative estimate of drug-likeness (QED) is 0.590. The topological polar surface area (TPSA) is 58.2 Å². The van der Waals surface area contributed by atoms with Gasteiger partial charge in [-0.3, -0.25) is 0 Å². The van der Waals surface area contributed by atoms with Gasteiger partial charge < -0.3 is 5.32 Å². The first-order valence-corrected chi connectivity index (χ1v) is 7.00. The molecule has 0 aliphatic rings. The average molecular weight is 222 g/mol. The number of nitrogens with one attached hydrogen (secondary N) is 2. The molecule has 0 amide bonds. The highest BCUT2D eigenvalue weighted by molar-refractivity contribution is 7.88. The van der Waals surface area contributed by atoms with Gasteiger partial charge in [-0.05, 0) is 18.9 Å². The second-order valence-corrected chi connectivity index (χ2v) is 5.60. The zero-order chi connectivity index (χ0) is 11.0. The van der Waals surface area contributed by atoms with Gasteiger partial charge in [0.1, 0.15) is 0 Å². The van der Waals surface area contributed by atoms with Crippen molar-refractivity contribution in [1.29, 1.82) is 0 Å². The molecular formula is C9H22N2O2S. The molecule has 0 spiro atoms. The van der Waals surface area contributed by atoms with E-state index in [1.54, 1.807) is 0 Å². The van der Waals surface area contributed by atoms with Gasteiger partial charge in [0, 0.05) is 13.1 Å². The molecule has 1 atom stereocenters. The van der Waals surface area contributed by atoms with Gasteiger partial charge in [0.15, 0.2) is 0 Å². The first kappa shape index (κ1) is 13.9. The summed E-state index contributed by atoms with van der Waals surface area (Å²) in [5, 5.41) is 3.22. The predicted octanol–water partition coefficient (Wildman–Crippen LogP) is 0.561. The first-order chi connectivity index (χ1) is 6.45. The lowest BCUT2D eigenvalue weighted by Gasteiger charge is -2.11. The maximum atomic E-state index is 10.7. The normalized spacial score (nSPS) is 14.2. The van der Waals surface area contributed by atoms with Crippen LogP contribution < -0.4 is 10.0 Å². The summed E-state index contributed by atoms with van der Waals surface area (Å²) in [5.74, 6) is 0.665. The fourth-order valence-corrected chi connectivity index (χ4v) is 1.74. The van der Waals surface area contributed by atoms with Crippen LogP contribution in [-0.4, -0.2) is 34.3 Å². The molecule has 14 heavy (non-hydrogen) atoms. The molecule has 0 fully saturated rings. The minimum atomic E-state index is -3.03. The molecule has 0 bridgehead atoms. The van der Waals surface area contributed by atoms with Crippen LogP contribution in [0.1, 0.15) is 26.7 Å². The monoisotopic (exact) mass is 222 g/mol. The Labute approximate surface area is 87.5 Å². The highest BCUT2D eigenvalue weighted by atomic mass is 32.2. The SMILES string of the molecule is CCCC(C)CNCCNS(C)(=O)=O. The molecule has 0 aromatic rings. The summed E-state index contributed by atoms with van der Waals surface area (Å²) in [6.45, 7) is 6.49. The minimum absolute atomic E-state index is 0.470. The molecule has 0 aliphatic carbocycles. The molecule has 86 valence electrons.